The molecule has 3 aromatic heterocycles. The zero-order valence-corrected chi connectivity index (χ0v) is 24.6. The predicted molar refractivity (Wildman–Crippen MR) is 188 cm³/mol. The van der Waals surface area contributed by atoms with Gasteiger partial charge in [0, 0.05) is 31.1 Å². The van der Waals surface area contributed by atoms with Crippen LogP contribution in [0, 0.1) is 0 Å². The molecule has 0 radical (unpaired) electrons. The third-order valence-corrected chi connectivity index (χ3v) is 11.3. The number of hydrogen-bond acceptors (Lipinski definition) is 3. The van der Waals surface area contributed by atoms with Crippen molar-refractivity contribution < 1.29 is 4.42 Å². The molecule has 0 fully saturated rings. The SMILES string of the molecule is c1ccc2cc3c(cc2c1)sc1c2cc4ccc(-c5ccc6cc(-c7cc8ccccc8o7)ccc6c5)cc4cc2sc31. The minimum absolute atomic E-state index is 0.905. The first-order valence-corrected chi connectivity index (χ1v) is 16.1. The van der Waals surface area contributed by atoms with Crippen molar-refractivity contribution in [3.8, 4) is 22.5 Å². The zero-order valence-electron chi connectivity index (χ0n) is 22.9. The van der Waals surface area contributed by atoms with Crippen molar-refractivity contribution in [2.24, 2.45) is 0 Å². The molecule has 0 spiro atoms. The molecule has 0 saturated carbocycles. The van der Waals surface area contributed by atoms with E-state index in [-0.39, 0.29) is 0 Å². The molecule has 43 heavy (non-hydrogen) atoms. The fourth-order valence-electron chi connectivity index (χ4n) is 6.57. The fraction of sp³-hybridized carbons (Fsp3) is 0. The normalized spacial score (nSPS) is 12.2. The Hall–Kier alpha value is -4.96. The lowest BCUT2D eigenvalue weighted by atomic mass is 9.97. The summed E-state index contributed by atoms with van der Waals surface area (Å²) in [4.78, 5) is 0. The molecule has 0 saturated heterocycles. The minimum atomic E-state index is 0.905. The molecule has 0 amide bonds. The first kappa shape index (κ1) is 23.6. The third kappa shape index (κ3) is 3.62. The van der Waals surface area contributed by atoms with E-state index in [4.69, 9.17) is 4.42 Å². The molecule has 1 nitrogen and oxygen atoms in total. The van der Waals surface area contributed by atoms with Gasteiger partial charge in [-0.25, -0.2) is 0 Å². The second-order valence-corrected chi connectivity index (χ2v) is 13.5. The highest BCUT2D eigenvalue weighted by Crippen LogP contribution is 2.46. The Labute approximate surface area is 254 Å². The molecule has 3 heterocycles. The number of para-hydroxylation sites is 1. The number of hydrogen-bond donors (Lipinski definition) is 0. The highest BCUT2D eigenvalue weighted by Gasteiger charge is 2.14. The number of benzene rings is 7. The van der Waals surface area contributed by atoms with E-state index in [1.54, 1.807) is 0 Å². The monoisotopic (exact) mass is 582 g/mol. The van der Waals surface area contributed by atoms with Gasteiger partial charge in [0.2, 0.25) is 0 Å². The number of fused-ring (bicyclic) bond motifs is 9. The molecule has 10 aromatic rings. The summed E-state index contributed by atoms with van der Waals surface area (Å²) in [7, 11) is 0. The van der Waals surface area contributed by atoms with Crippen LogP contribution in [-0.4, -0.2) is 0 Å². The number of furan rings is 1. The fourth-order valence-corrected chi connectivity index (χ4v) is 9.27. The Morgan fingerprint density at radius 2 is 0.860 bits per heavy atom. The van der Waals surface area contributed by atoms with Gasteiger partial charge in [-0.05, 0) is 98.0 Å². The van der Waals surface area contributed by atoms with Crippen LogP contribution in [0.1, 0.15) is 0 Å². The van der Waals surface area contributed by atoms with Crippen molar-refractivity contribution in [3.63, 3.8) is 0 Å². The lowest BCUT2D eigenvalue weighted by molar-refractivity contribution is 0.631. The van der Waals surface area contributed by atoms with E-state index in [0.717, 1.165) is 22.3 Å². The molecule has 0 unspecified atom stereocenters. The summed E-state index contributed by atoms with van der Waals surface area (Å²) >= 11 is 3.86. The summed E-state index contributed by atoms with van der Waals surface area (Å²) in [6, 6.07) is 48.7. The average Bonchev–Trinajstić information content (AvgIpc) is 3.74. The number of rotatable bonds is 2. The maximum Gasteiger partial charge on any atom is 0.135 e. The molecule has 0 atom stereocenters. The molecule has 0 bridgehead atoms. The van der Waals surface area contributed by atoms with E-state index < -0.39 is 0 Å². The van der Waals surface area contributed by atoms with Gasteiger partial charge in [0.15, 0.2) is 0 Å². The highest BCUT2D eigenvalue weighted by atomic mass is 32.1. The van der Waals surface area contributed by atoms with E-state index in [2.05, 4.69) is 115 Å². The van der Waals surface area contributed by atoms with E-state index in [1.807, 2.05) is 40.9 Å². The molecule has 0 N–H and O–H groups in total. The lowest BCUT2D eigenvalue weighted by Crippen LogP contribution is -1.82. The van der Waals surface area contributed by atoms with Crippen molar-refractivity contribution >= 4 is 95.5 Å². The maximum absolute atomic E-state index is 6.12. The standard InChI is InChI=1S/C40H22OS2/c1-2-6-24-21-37-33(18-23(24)5-1)39-40(42-37)34-19-29-12-11-28(17-32(29)22-38(34)43-39)25-9-10-27-16-31(14-13-26(27)15-25)36-20-30-7-3-4-8-35(30)41-36/h1-22H. The lowest BCUT2D eigenvalue weighted by Gasteiger charge is -2.08. The van der Waals surface area contributed by atoms with E-state index in [0.29, 0.717) is 0 Å². The van der Waals surface area contributed by atoms with Crippen LogP contribution in [0.2, 0.25) is 0 Å². The average molecular weight is 583 g/mol. The summed E-state index contributed by atoms with van der Waals surface area (Å²) in [6.45, 7) is 0. The van der Waals surface area contributed by atoms with Crippen molar-refractivity contribution in [2.45, 2.75) is 0 Å². The van der Waals surface area contributed by atoms with Gasteiger partial charge in [-0.2, -0.15) is 0 Å². The quantitative estimate of drug-likeness (QED) is 0.198. The van der Waals surface area contributed by atoms with Gasteiger partial charge in [0.1, 0.15) is 11.3 Å². The van der Waals surface area contributed by atoms with Gasteiger partial charge in [-0.1, -0.05) is 78.9 Å². The zero-order chi connectivity index (χ0) is 28.1. The second-order valence-electron chi connectivity index (χ2n) is 11.4. The molecule has 0 aliphatic rings. The van der Waals surface area contributed by atoms with Crippen LogP contribution in [0.5, 0.6) is 0 Å². The van der Waals surface area contributed by atoms with Crippen molar-refractivity contribution in [3.05, 3.63) is 133 Å². The van der Waals surface area contributed by atoms with Gasteiger partial charge in [0.05, 0.1) is 9.40 Å². The summed E-state index contributed by atoms with van der Waals surface area (Å²) in [5.74, 6) is 0.905. The van der Waals surface area contributed by atoms with E-state index >= 15 is 0 Å². The summed E-state index contributed by atoms with van der Waals surface area (Å²) < 4.78 is 11.7. The largest absolute Gasteiger partial charge is 0.456 e. The Morgan fingerprint density at radius 3 is 1.53 bits per heavy atom. The third-order valence-electron chi connectivity index (χ3n) is 8.79. The Bertz CT molecular complexity index is 2700. The van der Waals surface area contributed by atoms with E-state index in [9.17, 15) is 0 Å². The molecule has 200 valence electrons. The van der Waals surface area contributed by atoms with Crippen molar-refractivity contribution in [1.29, 1.82) is 0 Å². The van der Waals surface area contributed by atoms with Gasteiger partial charge in [-0.15, -0.1) is 22.7 Å². The molecular weight excluding hydrogens is 561 g/mol. The number of thiophene rings is 2. The first-order chi connectivity index (χ1) is 21.2. The van der Waals surface area contributed by atoms with Crippen LogP contribution in [0.3, 0.4) is 0 Å². The minimum Gasteiger partial charge on any atom is -0.456 e. The Kier molecular flexibility index (Phi) is 4.81. The maximum atomic E-state index is 6.12. The molecule has 3 heteroatoms. The van der Waals surface area contributed by atoms with Crippen molar-refractivity contribution in [2.75, 3.05) is 0 Å². The van der Waals surface area contributed by atoms with Gasteiger partial charge < -0.3 is 4.42 Å². The Morgan fingerprint density at radius 1 is 0.372 bits per heavy atom. The van der Waals surface area contributed by atoms with Gasteiger partial charge >= 0.3 is 0 Å². The van der Waals surface area contributed by atoms with Crippen LogP contribution >= 0.6 is 22.7 Å². The van der Waals surface area contributed by atoms with Gasteiger partial charge in [-0.3, -0.25) is 0 Å². The first-order valence-electron chi connectivity index (χ1n) is 14.5. The molecule has 0 aliphatic carbocycles. The molecule has 7 aromatic carbocycles. The van der Waals surface area contributed by atoms with Crippen LogP contribution in [0.25, 0.3) is 95.3 Å². The van der Waals surface area contributed by atoms with Crippen LogP contribution in [0.4, 0.5) is 0 Å². The molecular formula is C40H22OS2. The van der Waals surface area contributed by atoms with Crippen molar-refractivity contribution in [1.82, 2.24) is 0 Å². The summed E-state index contributed by atoms with van der Waals surface area (Å²) in [5.41, 5.74) is 4.50. The summed E-state index contributed by atoms with van der Waals surface area (Å²) in [5, 5.41) is 11.5. The molecule has 10 rings (SSSR count). The van der Waals surface area contributed by atoms with Crippen LogP contribution < -0.4 is 0 Å². The van der Waals surface area contributed by atoms with Crippen LogP contribution in [0.15, 0.2) is 138 Å². The Balaban J connectivity index is 1.05. The topological polar surface area (TPSA) is 13.1 Å². The second kappa shape index (κ2) is 8.78. The van der Waals surface area contributed by atoms with Gasteiger partial charge in [0.25, 0.3) is 0 Å². The van der Waals surface area contributed by atoms with Crippen LogP contribution in [-0.2, 0) is 0 Å². The predicted octanol–water partition coefficient (Wildman–Crippen LogP) is 12.8. The summed E-state index contributed by atoms with van der Waals surface area (Å²) in [6.07, 6.45) is 0. The van der Waals surface area contributed by atoms with E-state index in [1.165, 1.54) is 73.0 Å². The highest BCUT2D eigenvalue weighted by molar-refractivity contribution is 7.36. The molecule has 0 aliphatic heterocycles. The smallest absolute Gasteiger partial charge is 0.135 e.